The number of nitrogens with one attached hydrogen (secondary N) is 1. The van der Waals surface area contributed by atoms with Crippen molar-refractivity contribution < 1.29 is 9.53 Å². The SMILES string of the molecule is CSCC[C@H](N)C(=O)NCCOc1cccc(C)c1.Cl. The largest absolute Gasteiger partial charge is 0.492 e. The number of hydrogen-bond donors (Lipinski definition) is 2. The quantitative estimate of drug-likeness (QED) is 0.720. The first-order valence-electron chi connectivity index (χ1n) is 6.35. The highest BCUT2D eigenvalue weighted by Gasteiger charge is 2.11. The fraction of sp³-hybridized carbons (Fsp3) is 0.500. The average Bonchev–Trinajstić information content (AvgIpc) is 2.40. The Labute approximate surface area is 131 Å². The molecule has 6 heteroatoms. The number of thioether (sulfide) groups is 1. The van der Waals surface area contributed by atoms with Gasteiger partial charge in [0, 0.05) is 0 Å². The predicted molar refractivity (Wildman–Crippen MR) is 87.9 cm³/mol. The number of carbonyl (C=O) groups excluding carboxylic acids is 1. The highest BCUT2D eigenvalue weighted by molar-refractivity contribution is 7.98. The molecule has 0 saturated carbocycles. The zero-order valence-electron chi connectivity index (χ0n) is 11.9. The number of benzene rings is 1. The van der Waals surface area contributed by atoms with E-state index in [0.29, 0.717) is 19.6 Å². The van der Waals surface area contributed by atoms with Crippen LogP contribution in [0.15, 0.2) is 24.3 Å². The van der Waals surface area contributed by atoms with Crippen molar-refractivity contribution in [1.82, 2.24) is 5.32 Å². The van der Waals surface area contributed by atoms with Crippen molar-refractivity contribution in [2.45, 2.75) is 19.4 Å². The number of carbonyl (C=O) groups is 1. The maximum absolute atomic E-state index is 11.6. The Kier molecular flexibility index (Phi) is 10.3. The molecule has 1 aromatic carbocycles. The van der Waals surface area contributed by atoms with E-state index in [2.05, 4.69) is 5.32 Å². The van der Waals surface area contributed by atoms with Gasteiger partial charge in [-0.1, -0.05) is 12.1 Å². The topological polar surface area (TPSA) is 64.4 Å². The molecule has 0 saturated heterocycles. The Bertz CT molecular complexity index is 405. The minimum atomic E-state index is -0.425. The third-order valence-electron chi connectivity index (χ3n) is 2.63. The van der Waals surface area contributed by atoms with Gasteiger partial charge in [-0.05, 0) is 43.0 Å². The highest BCUT2D eigenvalue weighted by atomic mass is 35.5. The summed E-state index contributed by atoms with van der Waals surface area (Å²) < 4.78 is 5.54. The maximum atomic E-state index is 11.6. The third kappa shape index (κ3) is 7.62. The molecule has 0 fully saturated rings. The molecule has 0 unspecified atom stereocenters. The van der Waals surface area contributed by atoms with E-state index in [9.17, 15) is 4.79 Å². The highest BCUT2D eigenvalue weighted by Crippen LogP contribution is 2.11. The first-order chi connectivity index (χ1) is 9.13. The van der Waals surface area contributed by atoms with E-state index in [1.807, 2.05) is 37.4 Å². The molecule has 0 aliphatic heterocycles. The standard InChI is InChI=1S/C14H22N2O2S.ClH/c1-11-4-3-5-12(10-11)18-8-7-16-14(17)13(15)6-9-19-2;/h3-5,10,13H,6-9,15H2,1-2H3,(H,16,17);1H/t13-;/m0./s1. The summed E-state index contributed by atoms with van der Waals surface area (Å²) in [4.78, 5) is 11.6. The zero-order valence-corrected chi connectivity index (χ0v) is 13.6. The number of halogens is 1. The molecule has 0 aromatic heterocycles. The first kappa shape index (κ1) is 19.1. The van der Waals surface area contributed by atoms with E-state index in [-0.39, 0.29) is 18.3 Å². The molecule has 3 N–H and O–H groups in total. The summed E-state index contributed by atoms with van der Waals surface area (Å²) in [6.45, 7) is 2.93. The van der Waals surface area contributed by atoms with Crippen molar-refractivity contribution in [2.24, 2.45) is 5.73 Å². The molecule has 1 rings (SSSR count). The predicted octanol–water partition coefficient (Wildman–Crippen LogP) is 1.99. The summed E-state index contributed by atoms with van der Waals surface area (Å²) >= 11 is 1.69. The monoisotopic (exact) mass is 318 g/mol. The van der Waals surface area contributed by atoms with Gasteiger partial charge >= 0.3 is 0 Å². The third-order valence-corrected chi connectivity index (χ3v) is 3.27. The molecule has 0 spiro atoms. The van der Waals surface area contributed by atoms with Crippen LogP contribution in [0.4, 0.5) is 0 Å². The van der Waals surface area contributed by atoms with Crippen LogP contribution < -0.4 is 15.8 Å². The molecule has 114 valence electrons. The molecule has 0 radical (unpaired) electrons. The minimum absolute atomic E-state index is 0. The normalized spacial score (nSPS) is 11.3. The van der Waals surface area contributed by atoms with E-state index >= 15 is 0 Å². The first-order valence-corrected chi connectivity index (χ1v) is 7.74. The fourth-order valence-electron chi connectivity index (χ4n) is 1.56. The van der Waals surface area contributed by atoms with Crippen LogP contribution >= 0.6 is 24.2 Å². The Morgan fingerprint density at radius 2 is 2.25 bits per heavy atom. The van der Waals surface area contributed by atoms with E-state index < -0.39 is 6.04 Å². The minimum Gasteiger partial charge on any atom is -0.492 e. The lowest BCUT2D eigenvalue weighted by Gasteiger charge is -2.12. The van der Waals surface area contributed by atoms with Crippen LogP contribution in [0.2, 0.25) is 0 Å². The van der Waals surface area contributed by atoms with Crippen LogP contribution in [0.3, 0.4) is 0 Å². The Hall–Kier alpha value is -0.910. The summed E-state index contributed by atoms with van der Waals surface area (Å²) in [5.74, 6) is 1.61. The smallest absolute Gasteiger partial charge is 0.237 e. The van der Waals surface area contributed by atoms with Gasteiger partial charge < -0.3 is 15.8 Å². The van der Waals surface area contributed by atoms with Crippen LogP contribution in [0, 0.1) is 6.92 Å². The van der Waals surface area contributed by atoms with Crippen molar-refractivity contribution in [3.8, 4) is 5.75 Å². The number of ether oxygens (including phenoxy) is 1. The lowest BCUT2D eigenvalue weighted by atomic mass is 10.2. The molecule has 1 amide bonds. The van der Waals surface area contributed by atoms with Gasteiger partial charge in [-0.15, -0.1) is 12.4 Å². The fourth-order valence-corrected chi connectivity index (χ4v) is 2.04. The lowest BCUT2D eigenvalue weighted by Crippen LogP contribution is -2.42. The molecule has 0 aliphatic carbocycles. The summed E-state index contributed by atoms with van der Waals surface area (Å²) in [5, 5.41) is 2.78. The molecular formula is C14H23ClN2O2S. The van der Waals surface area contributed by atoms with Crippen molar-refractivity contribution in [3.63, 3.8) is 0 Å². The summed E-state index contributed by atoms with van der Waals surface area (Å²) in [5.41, 5.74) is 6.90. The number of nitrogens with two attached hydrogens (primary N) is 1. The number of rotatable bonds is 8. The summed E-state index contributed by atoms with van der Waals surface area (Å²) in [6.07, 6.45) is 2.70. The van der Waals surface area contributed by atoms with Crippen molar-refractivity contribution >= 4 is 30.1 Å². The van der Waals surface area contributed by atoms with Crippen LogP contribution in [-0.4, -0.2) is 37.1 Å². The van der Waals surface area contributed by atoms with Gasteiger partial charge in [0.15, 0.2) is 0 Å². The van der Waals surface area contributed by atoms with Gasteiger partial charge in [0.2, 0.25) is 5.91 Å². The molecule has 20 heavy (non-hydrogen) atoms. The molecular weight excluding hydrogens is 296 g/mol. The van der Waals surface area contributed by atoms with Crippen LogP contribution in [0.5, 0.6) is 5.75 Å². The molecule has 4 nitrogen and oxygen atoms in total. The lowest BCUT2D eigenvalue weighted by molar-refractivity contribution is -0.122. The van der Waals surface area contributed by atoms with Gasteiger partial charge in [0.05, 0.1) is 12.6 Å². The maximum Gasteiger partial charge on any atom is 0.237 e. The van der Waals surface area contributed by atoms with Crippen LogP contribution in [0.1, 0.15) is 12.0 Å². The second-order valence-electron chi connectivity index (χ2n) is 4.34. The van der Waals surface area contributed by atoms with Gasteiger partial charge in [-0.3, -0.25) is 4.79 Å². The van der Waals surface area contributed by atoms with Crippen molar-refractivity contribution in [2.75, 3.05) is 25.2 Å². The van der Waals surface area contributed by atoms with Gasteiger partial charge in [-0.2, -0.15) is 11.8 Å². The molecule has 1 aromatic rings. The van der Waals surface area contributed by atoms with Gasteiger partial charge in [-0.25, -0.2) is 0 Å². The number of amides is 1. The summed E-state index contributed by atoms with van der Waals surface area (Å²) in [7, 11) is 0. The van der Waals surface area contributed by atoms with Crippen molar-refractivity contribution in [1.29, 1.82) is 0 Å². The van der Waals surface area contributed by atoms with E-state index in [1.165, 1.54) is 0 Å². The Morgan fingerprint density at radius 1 is 1.50 bits per heavy atom. The number of aryl methyl sites for hydroxylation is 1. The summed E-state index contributed by atoms with van der Waals surface area (Å²) in [6, 6.07) is 7.40. The van der Waals surface area contributed by atoms with E-state index in [0.717, 1.165) is 17.1 Å². The van der Waals surface area contributed by atoms with Crippen LogP contribution in [-0.2, 0) is 4.79 Å². The van der Waals surface area contributed by atoms with Crippen molar-refractivity contribution in [3.05, 3.63) is 29.8 Å². The molecule has 0 heterocycles. The number of hydrogen-bond acceptors (Lipinski definition) is 4. The Morgan fingerprint density at radius 3 is 2.90 bits per heavy atom. The van der Waals surface area contributed by atoms with E-state index in [4.69, 9.17) is 10.5 Å². The van der Waals surface area contributed by atoms with Gasteiger partial charge in [0.25, 0.3) is 0 Å². The van der Waals surface area contributed by atoms with E-state index in [1.54, 1.807) is 11.8 Å². The molecule has 1 atom stereocenters. The second-order valence-corrected chi connectivity index (χ2v) is 5.33. The van der Waals surface area contributed by atoms with Gasteiger partial charge in [0.1, 0.15) is 12.4 Å². The molecule has 0 aliphatic rings. The van der Waals surface area contributed by atoms with Crippen LogP contribution in [0.25, 0.3) is 0 Å². The molecule has 0 bridgehead atoms. The zero-order chi connectivity index (χ0) is 14.1. The average molecular weight is 319 g/mol. The Balaban J connectivity index is 0.00000361. The second kappa shape index (κ2) is 10.8.